The lowest BCUT2D eigenvalue weighted by atomic mass is 9.92. The van der Waals surface area contributed by atoms with Crippen molar-refractivity contribution in [3.05, 3.63) is 53.6 Å². The van der Waals surface area contributed by atoms with Gasteiger partial charge in [-0.25, -0.2) is 4.79 Å². The Kier molecular flexibility index (Phi) is 6.42. The second-order valence-corrected chi connectivity index (χ2v) is 7.64. The maximum atomic E-state index is 12.5. The van der Waals surface area contributed by atoms with E-state index in [1.807, 2.05) is 24.3 Å². The zero-order valence-corrected chi connectivity index (χ0v) is 17.2. The second kappa shape index (κ2) is 8.99. The molecule has 154 valence electrons. The number of amides is 1. The molecular weight excluding hydrogens is 370 g/mol. The van der Waals surface area contributed by atoms with Crippen LogP contribution in [0.5, 0.6) is 11.5 Å². The highest BCUT2D eigenvalue weighted by Gasteiger charge is 2.29. The monoisotopic (exact) mass is 397 g/mol. The van der Waals surface area contributed by atoms with Crippen molar-refractivity contribution in [2.75, 3.05) is 18.5 Å². The van der Waals surface area contributed by atoms with Gasteiger partial charge in [0.1, 0.15) is 6.61 Å². The number of hydrogen-bond donors (Lipinski definition) is 1. The third-order valence-corrected chi connectivity index (χ3v) is 4.75. The third-order valence-electron chi connectivity index (χ3n) is 4.75. The fraction of sp³-hybridized carbons (Fsp3) is 0.391. The minimum absolute atomic E-state index is 0.0468. The lowest BCUT2D eigenvalue weighted by Gasteiger charge is -2.25. The van der Waals surface area contributed by atoms with Gasteiger partial charge in [0, 0.05) is 5.69 Å². The summed E-state index contributed by atoms with van der Waals surface area (Å²) in [6.07, 6.45) is -0.896. The molecule has 3 rings (SSSR count). The molecule has 1 aliphatic heterocycles. The van der Waals surface area contributed by atoms with E-state index < -0.39 is 12.1 Å². The van der Waals surface area contributed by atoms with Crippen LogP contribution in [0, 0.1) is 0 Å². The molecular formula is C23H27NO5. The number of benzene rings is 2. The predicted octanol–water partition coefficient (Wildman–Crippen LogP) is 4.26. The van der Waals surface area contributed by atoms with Gasteiger partial charge in [0.05, 0.1) is 0 Å². The van der Waals surface area contributed by atoms with Crippen LogP contribution in [-0.4, -0.2) is 31.2 Å². The summed E-state index contributed by atoms with van der Waals surface area (Å²) >= 11 is 0. The number of para-hydroxylation sites is 3. The summed E-state index contributed by atoms with van der Waals surface area (Å²) in [5.74, 6) is 0.554. The minimum Gasteiger partial charge on any atom is -0.485 e. The number of esters is 1. The standard InChI is InChI=1S/C23H27NO5/c1-14(2)16-8-7-9-17(15(3)4)22(16)24-21(25)13-28-23(26)20-12-27-18-10-5-6-11-19(18)29-20/h5-11,14-15,20H,12-13H2,1-4H3,(H,24,25)/t20-/m0/s1. The molecule has 1 heterocycles. The van der Waals surface area contributed by atoms with Crippen LogP contribution >= 0.6 is 0 Å². The lowest BCUT2D eigenvalue weighted by Crippen LogP contribution is -2.39. The number of ether oxygens (including phenoxy) is 3. The number of carbonyl (C=O) groups excluding carboxylic acids is 2. The average Bonchev–Trinajstić information content (AvgIpc) is 2.71. The van der Waals surface area contributed by atoms with Crippen molar-refractivity contribution in [3.8, 4) is 11.5 Å². The molecule has 0 radical (unpaired) electrons. The lowest BCUT2D eigenvalue weighted by molar-refractivity contribution is -0.156. The Morgan fingerprint density at radius 2 is 1.62 bits per heavy atom. The van der Waals surface area contributed by atoms with Gasteiger partial charge in [-0.05, 0) is 35.1 Å². The van der Waals surface area contributed by atoms with Crippen molar-refractivity contribution in [3.63, 3.8) is 0 Å². The van der Waals surface area contributed by atoms with Crippen LogP contribution < -0.4 is 14.8 Å². The van der Waals surface area contributed by atoms with Crippen LogP contribution in [0.25, 0.3) is 0 Å². The first-order chi connectivity index (χ1) is 13.9. The molecule has 0 unspecified atom stereocenters. The smallest absolute Gasteiger partial charge is 0.351 e. The van der Waals surface area contributed by atoms with Crippen molar-refractivity contribution >= 4 is 17.6 Å². The van der Waals surface area contributed by atoms with E-state index in [2.05, 4.69) is 33.0 Å². The molecule has 0 saturated heterocycles. The van der Waals surface area contributed by atoms with Crippen LogP contribution in [0.15, 0.2) is 42.5 Å². The van der Waals surface area contributed by atoms with E-state index in [1.165, 1.54) is 0 Å². The van der Waals surface area contributed by atoms with Gasteiger partial charge < -0.3 is 19.5 Å². The largest absolute Gasteiger partial charge is 0.485 e. The first-order valence-electron chi connectivity index (χ1n) is 9.84. The topological polar surface area (TPSA) is 73.9 Å². The Morgan fingerprint density at radius 1 is 1.00 bits per heavy atom. The highest BCUT2D eigenvalue weighted by atomic mass is 16.6. The zero-order valence-electron chi connectivity index (χ0n) is 17.2. The molecule has 6 heteroatoms. The van der Waals surface area contributed by atoms with E-state index in [9.17, 15) is 9.59 Å². The van der Waals surface area contributed by atoms with Crippen molar-refractivity contribution in [1.82, 2.24) is 0 Å². The summed E-state index contributed by atoms with van der Waals surface area (Å²) in [7, 11) is 0. The number of carbonyl (C=O) groups is 2. The van der Waals surface area contributed by atoms with E-state index in [4.69, 9.17) is 14.2 Å². The van der Waals surface area contributed by atoms with Crippen LogP contribution in [0.3, 0.4) is 0 Å². The second-order valence-electron chi connectivity index (χ2n) is 7.64. The Labute approximate surface area is 171 Å². The predicted molar refractivity (Wildman–Crippen MR) is 111 cm³/mol. The molecule has 6 nitrogen and oxygen atoms in total. The van der Waals surface area contributed by atoms with Gasteiger partial charge in [0.15, 0.2) is 18.1 Å². The summed E-state index contributed by atoms with van der Waals surface area (Å²) in [6.45, 7) is 7.97. The van der Waals surface area contributed by atoms with Crippen molar-refractivity contribution in [2.45, 2.75) is 45.6 Å². The van der Waals surface area contributed by atoms with Crippen LogP contribution in [0.1, 0.15) is 50.7 Å². The summed E-state index contributed by atoms with van der Waals surface area (Å²) in [5, 5.41) is 2.93. The SMILES string of the molecule is CC(C)c1cccc(C(C)C)c1NC(=O)COC(=O)[C@@H]1COc2ccccc2O1. The summed E-state index contributed by atoms with van der Waals surface area (Å²) in [5.41, 5.74) is 2.90. The molecule has 29 heavy (non-hydrogen) atoms. The van der Waals surface area contributed by atoms with Gasteiger partial charge in [-0.3, -0.25) is 4.79 Å². The number of fused-ring (bicyclic) bond motifs is 1. The molecule has 1 atom stereocenters. The molecule has 0 saturated carbocycles. The Hall–Kier alpha value is -3.02. The average molecular weight is 397 g/mol. The van der Waals surface area contributed by atoms with E-state index >= 15 is 0 Å². The Bertz CT molecular complexity index is 864. The van der Waals surface area contributed by atoms with Gasteiger partial charge in [-0.1, -0.05) is 58.0 Å². The first-order valence-corrected chi connectivity index (χ1v) is 9.84. The van der Waals surface area contributed by atoms with Crippen LogP contribution in [0.4, 0.5) is 5.69 Å². The molecule has 1 aliphatic rings. The van der Waals surface area contributed by atoms with Crippen LogP contribution in [-0.2, 0) is 14.3 Å². The van der Waals surface area contributed by atoms with Gasteiger partial charge >= 0.3 is 5.97 Å². The van der Waals surface area contributed by atoms with Gasteiger partial charge in [-0.2, -0.15) is 0 Å². The summed E-state index contributed by atoms with van der Waals surface area (Å²) in [6, 6.07) is 13.1. The molecule has 0 fully saturated rings. The van der Waals surface area contributed by atoms with E-state index in [-0.39, 0.29) is 31.0 Å². The van der Waals surface area contributed by atoms with Crippen molar-refractivity contribution < 1.29 is 23.8 Å². The highest BCUT2D eigenvalue weighted by Crippen LogP contribution is 2.33. The fourth-order valence-electron chi connectivity index (χ4n) is 3.24. The van der Waals surface area contributed by atoms with Crippen molar-refractivity contribution in [2.24, 2.45) is 0 Å². The van der Waals surface area contributed by atoms with E-state index in [0.717, 1.165) is 16.8 Å². The van der Waals surface area contributed by atoms with Gasteiger partial charge in [0.2, 0.25) is 6.10 Å². The molecule has 2 aromatic carbocycles. The van der Waals surface area contributed by atoms with Gasteiger partial charge in [-0.15, -0.1) is 0 Å². The van der Waals surface area contributed by atoms with E-state index in [1.54, 1.807) is 18.2 Å². The first kappa shape index (κ1) is 20.7. The van der Waals surface area contributed by atoms with Crippen LogP contribution in [0.2, 0.25) is 0 Å². The molecule has 2 aromatic rings. The number of rotatable bonds is 6. The summed E-state index contributed by atoms with van der Waals surface area (Å²) < 4.78 is 16.3. The summed E-state index contributed by atoms with van der Waals surface area (Å²) in [4.78, 5) is 24.8. The molecule has 0 aromatic heterocycles. The Balaban J connectivity index is 1.61. The molecule has 1 amide bonds. The molecule has 1 N–H and O–H groups in total. The van der Waals surface area contributed by atoms with Crippen molar-refractivity contribution in [1.29, 1.82) is 0 Å². The number of anilines is 1. The maximum absolute atomic E-state index is 12.5. The highest BCUT2D eigenvalue weighted by molar-refractivity contribution is 5.94. The van der Waals surface area contributed by atoms with Gasteiger partial charge in [0.25, 0.3) is 5.91 Å². The normalized spacial score (nSPS) is 15.3. The maximum Gasteiger partial charge on any atom is 0.351 e. The molecule has 0 bridgehead atoms. The Morgan fingerprint density at radius 3 is 2.24 bits per heavy atom. The van der Waals surface area contributed by atoms with E-state index in [0.29, 0.717) is 11.5 Å². The third kappa shape index (κ3) is 4.88. The minimum atomic E-state index is -0.896. The number of hydrogen-bond acceptors (Lipinski definition) is 5. The molecule has 0 spiro atoms. The number of nitrogens with one attached hydrogen (secondary N) is 1. The quantitative estimate of drug-likeness (QED) is 0.738. The fourth-order valence-corrected chi connectivity index (χ4v) is 3.24. The zero-order chi connectivity index (χ0) is 21.0. The molecule has 0 aliphatic carbocycles.